The first-order chi connectivity index (χ1) is 11.4. The van der Waals surface area contributed by atoms with Crippen molar-refractivity contribution in [2.45, 2.75) is 19.8 Å². The van der Waals surface area contributed by atoms with Gasteiger partial charge in [-0.2, -0.15) is 8.42 Å². The van der Waals surface area contributed by atoms with E-state index in [0.29, 0.717) is 6.42 Å². The topological polar surface area (TPSA) is 99.6 Å². The lowest BCUT2D eigenvalue weighted by atomic mass is 10.1. The summed E-state index contributed by atoms with van der Waals surface area (Å²) in [6.07, 6.45) is 3.18. The van der Waals surface area contributed by atoms with E-state index in [2.05, 4.69) is 11.9 Å². The highest BCUT2D eigenvalue weighted by molar-refractivity contribution is 7.92. The summed E-state index contributed by atoms with van der Waals surface area (Å²) < 4.78 is 26.4. The highest BCUT2D eigenvalue weighted by Gasteiger charge is 2.35. The third-order valence-corrected chi connectivity index (χ3v) is 5.19. The SMILES string of the molecule is CCc1ccnc(Cc2ccc(N3CC(=O)NS3(=O)=O)c(O)c2)c1. The van der Waals surface area contributed by atoms with Crippen LogP contribution in [0.1, 0.15) is 23.7 Å². The van der Waals surface area contributed by atoms with Gasteiger partial charge >= 0.3 is 10.2 Å². The Balaban J connectivity index is 1.86. The zero-order valence-electron chi connectivity index (χ0n) is 13.1. The maximum absolute atomic E-state index is 11.8. The van der Waals surface area contributed by atoms with Crippen molar-refractivity contribution in [3.8, 4) is 5.75 Å². The number of hydrogen-bond acceptors (Lipinski definition) is 5. The van der Waals surface area contributed by atoms with Crippen molar-refractivity contribution in [1.82, 2.24) is 9.71 Å². The number of aromatic nitrogens is 1. The minimum atomic E-state index is -3.93. The largest absolute Gasteiger partial charge is 0.506 e. The highest BCUT2D eigenvalue weighted by Crippen LogP contribution is 2.31. The standard InChI is InChI=1S/C16H17N3O4S/c1-2-11-5-6-17-13(7-11)8-12-3-4-14(15(20)9-12)19-10-16(21)18-24(19,22)23/h3-7,9,20H,2,8,10H2,1H3,(H,18,21). The summed E-state index contributed by atoms with van der Waals surface area (Å²) in [6.45, 7) is 1.72. The van der Waals surface area contributed by atoms with Crippen molar-refractivity contribution < 1.29 is 18.3 Å². The summed E-state index contributed by atoms with van der Waals surface area (Å²) >= 11 is 0. The molecule has 1 aromatic carbocycles. The Kier molecular flexibility index (Phi) is 4.15. The van der Waals surface area contributed by atoms with Crippen LogP contribution in [0, 0.1) is 0 Å². The number of carbonyl (C=O) groups is 1. The molecule has 24 heavy (non-hydrogen) atoms. The molecule has 7 nitrogen and oxygen atoms in total. The Morgan fingerprint density at radius 3 is 2.67 bits per heavy atom. The van der Waals surface area contributed by atoms with Crippen molar-refractivity contribution in [2.24, 2.45) is 0 Å². The minimum absolute atomic E-state index is 0.0763. The van der Waals surface area contributed by atoms with Crippen LogP contribution in [0.4, 0.5) is 5.69 Å². The number of hydrogen-bond donors (Lipinski definition) is 2. The van der Waals surface area contributed by atoms with Gasteiger partial charge in [-0.1, -0.05) is 13.0 Å². The molecule has 1 aliphatic rings. The normalized spacial score (nSPS) is 16.2. The number of amides is 1. The van der Waals surface area contributed by atoms with E-state index in [1.54, 1.807) is 12.3 Å². The van der Waals surface area contributed by atoms with Gasteiger partial charge in [0.2, 0.25) is 0 Å². The molecule has 126 valence electrons. The molecule has 1 aliphatic heterocycles. The van der Waals surface area contributed by atoms with Gasteiger partial charge in [0.1, 0.15) is 12.3 Å². The molecule has 1 fully saturated rings. The Bertz CT molecular complexity index is 896. The van der Waals surface area contributed by atoms with Gasteiger partial charge in [-0.25, -0.2) is 9.03 Å². The number of nitrogens with one attached hydrogen (secondary N) is 1. The number of pyridine rings is 1. The second kappa shape index (κ2) is 6.12. The van der Waals surface area contributed by atoms with Gasteiger partial charge in [0.15, 0.2) is 0 Å². The van der Waals surface area contributed by atoms with Crippen molar-refractivity contribution >= 4 is 21.8 Å². The van der Waals surface area contributed by atoms with Crippen molar-refractivity contribution in [3.63, 3.8) is 0 Å². The molecule has 0 saturated carbocycles. The van der Waals surface area contributed by atoms with E-state index >= 15 is 0 Å². The predicted octanol–water partition coefficient (Wildman–Crippen LogP) is 1.12. The molecule has 3 rings (SSSR count). The van der Waals surface area contributed by atoms with Crippen LogP contribution in [0.2, 0.25) is 0 Å². The molecule has 1 saturated heterocycles. The van der Waals surface area contributed by atoms with Crippen LogP contribution in [-0.2, 0) is 27.8 Å². The number of aryl methyl sites for hydroxylation is 1. The highest BCUT2D eigenvalue weighted by atomic mass is 32.2. The van der Waals surface area contributed by atoms with Crippen LogP contribution in [0.3, 0.4) is 0 Å². The molecule has 8 heteroatoms. The summed E-state index contributed by atoms with van der Waals surface area (Å²) in [4.78, 5) is 15.6. The first-order valence-corrected chi connectivity index (χ1v) is 8.92. The number of phenolic OH excluding ortho intramolecular Hbond substituents is 1. The summed E-state index contributed by atoms with van der Waals surface area (Å²) in [5.74, 6) is -0.821. The molecule has 0 bridgehead atoms. The van der Waals surface area contributed by atoms with Gasteiger partial charge in [0.05, 0.1) is 5.69 Å². The third kappa shape index (κ3) is 3.18. The van der Waals surface area contributed by atoms with Gasteiger partial charge in [-0.3, -0.25) is 9.78 Å². The molecule has 1 aromatic heterocycles. The molecule has 0 atom stereocenters. The van der Waals surface area contributed by atoms with E-state index < -0.39 is 16.1 Å². The number of nitrogens with zero attached hydrogens (tertiary/aromatic N) is 2. The molecule has 0 spiro atoms. The molecule has 2 N–H and O–H groups in total. The first-order valence-electron chi connectivity index (χ1n) is 7.48. The number of anilines is 1. The smallest absolute Gasteiger partial charge is 0.326 e. The fraction of sp³-hybridized carbons (Fsp3) is 0.250. The van der Waals surface area contributed by atoms with Crippen LogP contribution in [-0.4, -0.2) is 31.0 Å². The molecule has 2 heterocycles. The fourth-order valence-electron chi connectivity index (χ4n) is 2.61. The number of carbonyl (C=O) groups excluding carboxylic acids is 1. The maximum atomic E-state index is 11.8. The molecule has 0 aliphatic carbocycles. The molecular weight excluding hydrogens is 330 g/mol. The minimum Gasteiger partial charge on any atom is -0.506 e. The Morgan fingerprint density at radius 1 is 1.25 bits per heavy atom. The second-order valence-corrected chi connectivity index (χ2v) is 7.14. The van der Waals surface area contributed by atoms with Gasteiger partial charge in [-0.15, -0.1) is 0 Å². The van der Waals surface area contributed by atoms with Crippen molar-refractivity contribution in [3.05, 3.63) is 53.3 Å². The van der Waals surface area contributed by atoms with Gasteiger partial charge in [0, 0.05) is 18.3 Å². The number of phenols is 1. The summed E-state index contributed by atoms with van der Waals surface area (Å²) in [5, 5.41) is 10.2. The maximum Gasteiger partial charge on any atom is 0.326 e. The van der Waals surface area contributed by atoms with Crippen LogP contribution in [0.5, 0.6) is 5.75 Å². The zero-order chi connectivity index (χ0) is 17.3. The van der Waals surface area contributed by atoms with Gasteiger partial charge in [0.25, 0.3) is 5.91 Å². The van der Waals surface area contributed by atoms with E-state index in [1.165, 1.54) is 17.7 Å². The van der Waals surface area contributed by atoms with Crippen LogP contribution in [0.15, 0.2) is 36.5 Å². The molecule has 2 aromatic rings. The Labute approximate surface area is 140 Å². The second-order valence-electron chi connectivity index (χ2n) is 5.55. The van der Waals surface area contributed by atoms with E-state index in [1.807, 2.05) is 16.9 Å². The summed E-state index contributed by atoms with van der Waals surface area (Å²) in [6, 6.07) is 8.65. The monoisotopic (exact) mass is 347 g/mol. The lowest BCUT2D eigenvalue weighted by Gasteiger charge is -2.16. The van der Waals surface area contributed by atoms with Gasteiger partial charge < -0.3 is 5.11 Å². The molecule has 1 amide bonds. The van der Waals surface area contributed by atoms with E-state index in [9.17, 15) is 18.3 Å². The van der Waals surface area contributed by atoms with Crippen LogP contribution in [0.25, 0.3) is 0 Å². The lowest BCUT2D eigenvalue weighted by Crippen LogP contribution is -2.29. The fourth-order valence-corrected chi connectivity index (χ4v) is 3.77. The first kappa shape index (κ1) is 16.3. The Hall–Kier alpha value is -2.61. The zero-order valence-corrected chi connectivity index (χ0v) is 13.9. The average molecular weight is 347 g/mol. The van der Waals surface area contributed by atoms with Crippen LogP contribution >= 0.6 is 0 Å². The third-order valence-electron chi connectivity index (χ3n) is 3.80. The molecule has 0 radical (unpaired) electrons. The summed E-state index contributed by atoms with van der Waals surface area (Å²) in [5.41, 5.74) is 2.92. The lowest BCUT2D eigenvalue weighted by molar-refractivity contribution is -0.117. The predicted molar refractivity (Wildman–Crippen MR) is 88.9 cm³/mol. The average Bonchev–Trinajstić information content (AvgIpc) is 2.80. The quantitative estimate of drug-likeness (QED) is 0.863. The van der Waals surface area contributed by atoms with Crippen molar-refractivity contribution in [2.75, 3.05) is 10.8 Å². The number of rotatable bonds is 4. The van der Waals surface area contributed by atoms with Crippen molar-refractivity contribution in [1.29, 1.82) is 0 Å². The van der Waals surface area contributed by atoms with E-state index in [0.717, 1.165) is 22.0 Å². The van der Waals surface area contributed by atoms with E-state index in [-0.39, 0.29) is 18.0 Å². The van der Waals surface area contributed by atoms with Gasteiger partial charge in [-0.05, 0) is 41.8 Å². The van der Waals surface area contributed by atoms with E-state index in [4.69, 9.17) is 0 Å². The molecular formula is C16H17N3O4S. The number of benzene rings is 1. The Morgan fingerprint density at radius 2 is 2.04 bits per heavy atom. The number of aromatic hydroxyl groups is 1. The van der Waals surface area contributed by atoms with Crippen LogP contribution < -0.4 is 9.03 Å². The molecule has 0 unspecified atom stereocenters. The summed E-state index contributed by atoms with van der Waals surface area (Å²) in [7, 11) is -3.93.